The number of hydrogen-bond acceptors (Lipinski definition) is 4. The van der Waals surface area contributed by atoms with Crippen LogP contribution in [0.25, 0.3) is 11.3 Å². The van der Waals surface area contributed by atoms with Crippen molar-refractivity contribution in [2.75, 3.05) is 18.0 Å². The number of nitrogens with one attached hydrogen (secondary N) is 1. The van der Waals surface area contributed by atoms with Crippen molar-refractivity contribution in [2.24, 2.45) is 0 Å². The van der Waals surface area contributed by atoms with E-state index < -0.39 is 18.9 Å². The third-order valence-electron chi connectivity index (χ3n) is 4.70. The lowest BCUT2D eigenvalue weighted by molar-refractivity contribution is -0.117. The van der Waals surface area contributed by atoms with Crippen molar-refractivity contribution in [3.8, 4) is 11.3 Å². The Hall–Kier alpha value is -3.33. The maximum atomic E-state index is 12.8. The zero-order valence-electron chi connectivity index (χ0n) is 17.3. The van der Waals surface area contributed by atoms with Gasteiger partial charge in [-0.3, -0.25) is 14.6 Å². The fourth-order valence-corrected chi connectivity index (χ4v) is 3.39. The molecule has 0 radical (unpaired) electrons. The van der Waals surface area contributed by atoms with Gasteiger partial charge in [0.25, 0.3) is 12.3 Å². The molecule has 1 N–H and O–H groups in total. The van der Waals surface area contributed by atoms with Crippen LogP contribution in [0.4, 0.5) is 14.5 Å². The highest BCUT2D eigenvalue weighted by atomic mass is 35.5. The number of pyridine rings is 1. The van der Waals surface area contributed by atoms with E-state index >= 15 is 0 Å². The van der Waals surface area contributed by atoms with E-state index in [2.05, 4.69) is 15.3 Å². The van der Waals surface area contributed by atoms with Crippen molar-refractivity contribution in [1.29, 1.82) is 0 Å². The molecule has 2 amide bonds. The van der Waals surface area contributed by atoms with Crippen LogP contribution in [-0.4, -0.2) is 45.9 Å². The molecule has 0 unspecified atom stereocenters. The van der Waals surface area contributed by atoms with E-state index in [0.717, 1.165) is 17.9 Å². The molecule has 0 atom stereocenters. The molecule has 0 fully saturated rings. The van der Waals surface area contributed by atoms with Gasteiger partial charge >= 0.3 is 0 Å². The first kappa shape index (κ1) is 23.3. The second-order valence-electron chi connectivity index (χ2n) is 7.03. The van der Waals surface area contributed by atoms with Gasteiger partial charge in [-0.25, -0.2) is 13.8 Å². The molecule has 0 aliphatic carbocycles. The monoisotopic (exact) mass is 461 g/mol. The maximum Gasteiger partial charge on any atom is 0.256 e. The molecule has 2 heterocycles. The minimum absolute atomic E-state index is 0.153. The van der Waals surface area contributed by atoms with E-state index in [4.69, 9.17) is 11.6 Å². The molecular weight excluding hydrogens is 440 g/mol. The summed E-state index contributed by atoms with van der Waals surface area (Å²) in [7, 11) is 0. The highest BCUT2D eigenvalue weighted by Crippen LogP contribution is 2.31. The Labute approximate surface area is 189 Å². The van der Waals surface area contributed by atoms with Gasteiger partial charge in [0.1, 0.15) is 0 Å². The number of anilines is 1. The van der Waals surface area contributed by atoms with E-state index in [0.29, 0.717) is 23.4 Å². The number of hydrogen-bond donors (Lipinski definition) is 1. The predicted octanol–water partition coefficient (Wildman–Crippen LogP) is 4.04. The van der Waals surface area contributed by atoms with Crippen LogP contribution in [0.5, 0.6) is 0 Å². The van der Waals surface area contributed by atoms with Crippen LogP contribution in [0.2, 0.25) is 5.02 Å². The minimum Gasteiger partial charge on any atom is -0.352 e. The van der Waals surface area contributed by atoms with Crippen LogP contribution in [-0.2, 0) is 11.3 Å². The molecule has 0 aliphatic heterocycles. The summed E-state index contributed by atoms with van der Waals surface area (Å²) >= 11 is 6.25. The number of halogens is 3. The first-order chi connectivity index (χ1) is 15.3. The van der Waals surface area contributed by atoms with Gasteiger partial charge in [0.05, 0.1) is 34.8 Å². The molecule has 2 aromatic heterocycles. The Morgan fingerprint density at radius 3 is 2.66 bits per heavy atom. The Morgan fingerprint density at radius 2 is 2.06 bits per heavy atom. The van der Waals surface area contributed by atoms with E-state index in [1.165, 1.54) is 19.2 Å². The lowest BCUT2D eigenvalue weighted by Crippen LogP contribution is -2.33. The first-order valence-corrected chi connectivity index (χ1v) is 10.3. The molecular formula is C22H22ClF2N5O2. The van der Waals surface area contributed by atoms with Gasteiger partial charge < -0.3 is 14.8 Å². The predicted molar refractivity (Wildman–Crippen MR) is 118 cm³/mol. The molecule has 168 valence electrons. The summed E-state index contributed by atoms with van der Waals surface area (Å²) in [5.74, 6) is -0.759. The van der Waals surface area contributed by atoms with Crippen LogP contribution in [0, 0.1) is 0 Å². The van der Waals surface area contributed by atoms with Gasteiger partial charge in [-0.1, -0.05) is 17.7 Å². The van der Waals surface area contributed by atoms with Crippen molar-refractivity contribution >= 4 is 29.1 Å². The zero-order chi connectivity index (χ0) is 23.1. The van der Waals surface area contributed by atoms with Gasteiger partial charge in [-0.2, -0.15) is 0 Å². The Kier molecular flexibility index (Phi) is 7.88. The Morgan fingerprint density at radius 1 is 1.25 bits per heavy atom. The third kappa shape index (κ3) is 6.10. The van der Waals surface area contributed by atoms with Crippen LogP contribution < -0.4 is 10.2 Å². The quantitative estimate of drug-likeness (QED) is 0.488. The summed E-state index contributed by atoms with van der Waals surface area (Å²) in [6.07, 6.45) is 4.83. The topological polar surface area (TPSA) is 80.1 Å². The highest BCUT2D eigenvalue weighted by molar-refractivity contribution is 6.34. The average Bonchev–Trinajstić information content (AvgIpc) is 3.28. The molecule has 7 nitrogen and oxygen atoms in total. The van der Waals surface area contributed by atoms with Crippen molar-refractivity contribution in [3.05, 3.63) is 65.8 Å². The van der Waals surface area contributed by atoms with Gasteiger partial charge in [0.15, 0.2) is 0 Å². The number of benzene rings is 1. The van der Waals surface area contributed by atoms with Crippen molar-refractivity contribution in [3.63, 3.8) is 0 Å². The molecule has 0 saturated heterocycles. The van der Waals surface area contributed by atoms with Crippen LogP contribution >= 0.6 is 11.6 Å². The summed E-state index contributed by atoms with van der Waals surface area (Å²) in [6, 6.07) is 8.02. The number of aromatic nitrogens is 3. The standard InChI is InChI=1S/C22H22ClF2N5O2/c1-15(31)30(13-21(24)25)20-6-4-16(11-18(20)23)19-5-3-17(12-28-19)22(32)27-7-2-9-29-10-8-26-14-29/h3-6,8,10-12,14,21H,2,7,9,13H2,1H3,(H,27,32). The SMILES string of the molecule is CC(=O)N(CC(F)F)c1ccc(-c2ccc(C(=O)NCCCn3ccnc3)cn2)cc1Cl. The van der Waals surface area contributed by atoms with E-state index in [1.807, 2.05) is 10.8 Å². The number of rotatable bonds is 9. The smallest absolute Gasteiger partial charge is 0.256 e. The Bertz CT molecular complexity index is 1060. The van der Waals surface area contributed by atoms with Gasteiger partial charge in [0.2, 0.25) is 5.91 Å². The molecule has 0 bridgehead atoms. The zero-order valence-corrected chi connectivity index (χ0v) is 18.1. The third-order valence-corrected chi connectivity index (χ3v) is 5.00. The Balaban J connectivity index is 1.63. The molecule has 3 rings (SSSR count). The van der Waals surface area contributed by atoms with Crippen LogP contribution in [0.3, 0.4) is 0 Å². The number of imidazole rings is 1. The first-order valence-electron chi connectivity index (χ1n) is 9.91. The summed E-state index contributed by atoms with van der Waals surface area (Å²) in [6.45, 7) is 1.74. The van der Waals surface area contributed by atoms with Gasteiger partial charge in [0, 0.05) is 44.2 Å². The molecule has 32 heavy (non-hydrogen) atoms. The second-order valence-corrected chi connectivity index (χ2v) is 7.44. The summed E-state index contributed by atoms with van der Waals surface area (Å²) in [4.78, 5) is 33.2. The molecule has 0 spiro atoms. The summed E-state index contributed by atoms with van der Waals surface area (Å²) < 4.78 is 27.5. The number of aryl methyl sites for hydroxylation is 1. The molecule has 1 aromatic carbocycles. The molecule has 0 saturated carbocycles. The van der Waals surface area contributed by atoms with Crippen molar-refractivity contribution in [2.45, 2.75) is 26.3 Å². The number of carbonyl (C=O) groups is 2. The van der Waals surface area contributed by atoms with E-state index in [-0.39, 0.29) is 16.6 Å². The number of carbonyl (C=O) groups excluding carboxylic acids is 2. The van der Waals surface area contributed by atoms with Gasteiger partial charge in [-0.15, -0.1) is 0 Å². The second kappa shape index (κ2) is 10.8. The maximum absolute atomic E-state index is 12.8. The van der Waals surface area contributed by atoms with Crippen molar-refractivity contribution in [1.82, 2.24) is 19.9 Å². The van der Waals surface area contributed by atoms with Gasteiger partial charge in [-0.05, 0) is 30.7 Å². The fourth-order valence-electron chi connectivity index (χ4n) is 3.10. The van der Waals surface area contributed by atoms with E-state index in [1.54, 1.807) is 36.8 Å². The van der Waals surface area contributed by atoms with E-state index in [9.17, 15) is 18.4 Å². The molecule has 0 aliphatic rings. The number of nitrogens with zero attached hydrogens (tertiary/aromatic N) is 4. The normalized spacial score (nSPS) is 10.9. The minimum atomic E-state index is -2.68. The number of amides is 2. The molecule has 10 heteroatoms. The summed E-state index contributed by atoms with van der Waals surface area (Å²) in [5, 5.41) is 3.00. The summed E-state index contributed by atoms with van der Waals surface area (Å²) in [5.41, 5.74) is 1.80. The van der Waals surface area contributed by atoms with Crippen LogP contribution in [0.1, 0.15) is 23.7 Å². The molecule has 3 aromatic rings. The largest absolute Gasteiger partial charge is 0.352 e. The average molecular weight is 462 g/mol. The fraction of sp³-hybridized carbons (Fsp3) is 0.273. The lowest BCUT2D eigenvalue weighted by atomic mass is 10.1. The van der Waals surface area contributed by atoms with Crippen molar-refractivity contribution < 1.29 is 18.4 Å². The lowest BCUT2D eigenvalue weighted by Gasteiger charge is -2.22. The number of alkyl halides is 2. The highest BCUT2D eigenvalue weighted by Gasteiger charge is 2.19. The van der Waals surface area contributed by atoms with Crippen LogP contribution in [0.15, 0.2) is 55.2 Å².